The Morgan fingerprint density at radius 3 is 2.23 bits per heavy atom. The van der Waals surface area contributed by atoms with Crippen LogP contribution in [-0.4, -0.2) is 106 Å². The molecule has 16 nitrogen and oxygen atoms in total. The number of fused-ring (bicyclic) bond motifs is 7. The Labute approximate surface area is 472 Å². The maximum absolute atomic E-state index is 16.1. The number of methoxy groups -OCH3 is 1. The van der Waals surface area contributed by atoms with Crippen molar-refractivity contribution in [2.24, 2.45) is 17.8 Å². The molecule has 4 unspecified atom stereocenters. The van der Waals surface area contributed by atoms with Crippen molar-refractivity contribution >= 4 is 41.1 Å². The first-order valence-corrected chi connectivity index (χ1v) is 28.0. The number of carbonyl (C=O) groups is 4. The first-order chi connectivity index (χ1) is 38.3. The van der Waals surface area contributed by atoms with Crippen LogP contribution in [0.3, 0.4) is 0 Å². The fourth-order valence-electron chi connectivity index (χ4n) is 13.2. The molecule has 1 saturated carbocycles. The van der Waals surface area contributed by atoms with Gasteiger partial charge in [-0.05, 0) is 125 Å². The van der Waals surface area contributed by atoms with Gasteiger partial charge in [0.25, 0.3) is 0 Å². The van der Waals surface area contributed by atoms with E-state index < -0.39 is 88.6 Å². The minimum atomic E-state index is -1.83. The van der Waals surface area contributed by atoms with Gasteiger partial charge in [-0.1, -0.05) is 67.5 Å². The molecule has 0 aromatic heterocycles. The smallest absolute Gasteiger partial charge is 0.343 e. The van der Waals surface area contributed by atoms with Gasteiger partial charge in [0.05, 0.1) is 36.0 Å². The highest BCUT2D eigenvalue weighted by Crippen LogP contribution is 2.71. The highest BCUT2D eigenvalue weighted by molar-refractivity contribution is 6.22. The molecule has 3 aromatic carbocycles. The number of ether oxygens (including phenoxy) is 10. The second kappa shape index (κ2) is 20.1. The fraction of sp³-hybridized carbons (Fsp3) is 0.477. The van der Waals surface area contributed by atoms with Crippen LogP contribution < -0.4 is 18.9 Å². The molecular weight excluding hydrogens is 1040 g/mol. The number of benzene rings is 3. The summed E-state index contributed by atoms with van der Waals surface area (Å²) < 4.78 is 65.6. The molecule has 0 amide bonds. The summed E-state index contributed by atoms with van der Waals surface area (Å²) in [4.78, 5) is 59.4. The van der Waals surface area contributed by atoms with E-state index in [1.54, 1.807) is 45.9 Å². The molecule has 0 bridgehead atoms. The largest absolute Gasteiger partial charge is 0.482 e. The number of aliphatic hydroxyl groups is 2. The van der Waals surface area contributed by atoms with Crippen molar-refractivity contribution in [2.75, 3.05) is 13.7 Å². The molecule has 2 aliphatic carbocycles. The zero-order valence-corrected chi connectivity index (χ0v) is 48.3. The minimum Gasteiger partial charge on any atom is -0.482 e. The van der Waals surface area contributed by atoms with Crippen LogP contribution in [-0.2, 0) is 44.4 Å². The molecule has 2 N–H and O–H groups in total. The molecule has 428 valence electrons. The molecule has 3 saturated heterocycles. The van der Waals surface area contributed by atoms with Crippen LogP contribution in [0.15, 0.2) is 101 Å². The van der Waals surface area contributed by atoms with Crippen LogP contribution in [0.25, 0.3) is 17.6 Å². The zero-order chi connectivity index (χ0) is 58.0. The Balaban J connectivity index is 1.11. The third-order valence-electron chi connectivity index (χ3n) is 17.6. The summed E-state index contributed by atoms with van der Waals surface area (Å²) in [5, 5.41) is 22.2. The van der Waals surface area contributed by atoms with Crippen LogP contribution >= 0.6 is 0 Å². The Bertz CT molecular complexity index is 3360. The average Bonchev–Trinajstić information content (AvgIpc) is 1.66. The van der Waals surface area contributed by atoms with E-state index in [1.807, 2.05) is 79.7 Å². The van der Waals surface area contributed by atoms with E-state index in [0.717, 1.165) is 11.1 Å². The Hall–Kier alpha value is -6.66. The van der Waals surface area contributed by atoms with Gasteiger partial charge in [-0.2, -0.15) is 0 Å². The molecule has 6 heterocycles. The average molecular weight is 1110 g/mol. The molecule has 8 aliphatic rings. The number of hydrogen-bond donors (Lipinski definition) is 2. The molecule has 81 heavy (non-hydrogen) atoms. The van der Waals surface area contributed by atoms with Gasteiger partial charge in [-0.15, -0.1) is 0 Å². The number of ketones is 2. The van der Waals surface area contributed by atoms with Gasteiger partial charge < -0.3 is 57.6 Å². The van der Waals surface area contributed by atoms with Crippen LogP contribution in [0.1, 0.15) is 145 Å². The summed E-state index contributed by atoms with van der Waals surface area (Å²) in [6.45, 7) is 22.9. The lowest BCUT2D eigenvalue weighted by Gasteiger charge is -2.57. The highest BCUT2D eigenvalue weighted by atomic mass is 16.8. The standard InChI is InChI=1S/C65H72O16/c1-32(2)17-16-28-63(12)29-27-42-51(79-63)41(25-20-33(3)4)54-46(53(42)77-59(71)37-21-23-38(24-22-37)74-60-50(68)49(67)55-43(75-60)31-73-62(10,11)78-55)56-47-44(45-48(66)39-18-14-15-19-40(39)52(45)76-56)35(6)57(69)64(30-26-34(5)58(70)72-13)65(47,80-54)36(7)61(8,9)81-64/h14-15,17-24,26-27,29,35-36,43-44,49-50,55,60,67-68H,16,25,28,30-31H2,1-13H3/b34-26-/t35-,36+,43+,44?,49+,50+,55+,60+,63?,64?,65?/m0/s1. The lowest BCUT2D eigenvalue weighted by atomic mass is 9.52. The number of allylic oxidation sites excluding steroid dienone is 5. The third-order valence-corrected chi connectivity index (χ3v) is 17.6. The van der Waals surface area contributed by atoms with Gasteiger partial charge in [-0.3, -0.25) is 9.59 Å². The lowest BCUT2D eigenvalue weighted by molar-refractivity contribution is -0.373. The minimum absolute atomic E-state index is 0.0522. The van der Waals surface area contributed by atoms with Crippen molar-refractivity contribution in [3.63, 3.8) is 0 Å². The molecule has 6 aliphatic heterocycles. The molecule has 11 atom stereocenters. The van der Waals surface area contributed by atoms with Gasteiger partial charge in [0, 0.05) is 52.0 Å². The van der Waals surface area contributed by atoms with Crippen molar-refractivity contribution < 1.29 is 76.8 Å². The quantitative estimate of drug-likeness (QED) is 0.0750. The van der Waals surface area contributed by atoms with Gasteiger partial charge in [0.15, 0.2) is 34.3 Å². The van der Waals surface area contributed by atoms with Crippen molar-refractivity contribution in [1.82, 2.24) is 0 Å². The number of esters is 2. The topological polar surface area (TPSA) is 201 Å². The van der Waals surface area contributed by atoms with Gasteiger partial charge in [0.1, 0.15) is 64.3 Å². The summed E-state index contributed by atoms with van der Waals surface area (Å²) in [5.41, 5.74) is 0.145. The van der Waals surface area contributed by atoms with E-state index in [0.29, 0.717) is 57.8 Å². The molecule has 11 rings (SSSR count). The van der Waals surface area contributed by atoms with Crippen molar-refractivity contribution in [3.05, 3.63) is 134 Å². The second-order valence-electron chi connectivity index (χ2n) is 24.4. The molecule has 4 fully saturated rings. The molecule has 16 heteroatoms. The van der Waals surface area contributed by atoms with E-state index in [-0.39, 0.29) is 70.7 Å². The summed E-state index contributed by atoms with van der Waals surface area (Å²) in [5.74, 6) is -3.95. The summed E-state index contributed by atoms with van der Waals surface area (Å²) >= 11 is 0. The van der Waals surface area contributed by atoms with Crippen molar-refractivity contribution in [2.45, 2.75) is 168 Å². The highest BCUT2D eigenvalue weighted by Gasteiger charge is 2.80. The Kier molecular flexibility index (Phi) is 13.9. The van der Waals surface area contributed by atoms with Crippen molar-refractivity contribution in [3.8, 4) is 23.0 Å². The monoisotopic (exact) mass is 1110 g/mol. The molecular formula is C65H72O16. The number of carbonyl (C=O) groups excluding carboxylic acids is 4. The third kappa shape index (κ3) is 8.94. The maximum atomic E-state index is 16.1. The maximum Gasteiger partial charge on any atom is 0.343 e. The zero-order valence-electron chi connectivity index (χ0n) is 48.3. The summed E-state index contributed by atoms with van der Waals surface area (Å²) in [6, 6.07) is 13.3. The summed E-state index contributed by atoms with van der Waals surface area (Å²) in [6.07, 6.45) is 5.53. The lowest BCUT2D eigenvalue weighted by Crippen LogP contribution is -2.70. The first-order valence-electron chi connectivity index (χ1n) is 28.0. The van der Waals surface area contributed by atoms with E-state index >= 15 is 14.4 Å². The van der Waals surface area contributed by atoms with Crippen molar-refractivity contribution in [1.29, 1.82) is 0 Å². The normalized spacial score (nSPS) is 31.6. The Morgan fingerprint density at radius 1 is 0.840 bits per heavy atom. The second-order valence-corrected chi connectivity index (χ2v) is 24.4. The van der Waals surface area contributed by atoms with Crippen LogP contribution in [0.5, 0.6) is 23.0 Å². The number of aliphatic hydroxyl groups excluding tert-OH is 2. The summed E-state index contributed by atoms with van der Waals surface area (Å²) in [7, 11) is 1.30. The van der Waals surface area contributed by atoms with E-state index in [2.05, 4.69) is 12.2 Å². The Morgan fingerprint density at radius 2 is 1.54 bits per heavy atom. The molecule has 1 spiro atoms. The van der Waals surface area contributed by atoms with Crippen LogP contribution in [0, 0.1) is 17.8 Å². The molecule has 3 aromatic rings. The van der Waals surface area contributed by atoms with Gasteiger partial charge in [0.2, 0.25) is 6.29 Å². The number of Topliss-reactive ketones (excluding diaryl/α,β-unsaturated/α-hetero) is 2. The van der Waals surface area contributed by atoms with Gasteiger partial charge >= 0.3 is 11.9 Å². The van der Waals surface area contributed by atoms with Crippen LogP contribution in [0.2, 0.25) is 0 Å². The van der Waals surface area contributed by atoms with E-state index in [4.69, 9.17) is 47.4 Å². The fourth-order valence-corrected chi connectivity index (χ4v) is 13.2. The predicted octanol–water partition coefficient (Wildman–Crippen LogP) is 10.3. The molecule has 0 radical (unpaired) electrons. The SMILES string of the molecule is COC(=O)/C(C)=C\CC12OC(C)(C)[C@@H](C)C13Oc1c(CC=C(C)C)c4c(c(OC(=O)c5ccc(O[C@@H]6O[C@@H]7COC(C)(C)O[C@H]7[C@H](O)[C@H]6O)cc5)c1C1=C3C(C3=C(O1)c1ccccc1C3=O)[C@H](C)C2=O)C=CC(C)(CCC=C(C)C)O4. The first kappa shape index (κ1) is 56.2. The van der Waals surface area contributed by atoms with Crippen LogP contribution in [0.4, 0.5) is 0 Å². The van der Waals surface area contributed by atoms with E-state index in [9.17, 15) is 15.0 Å². The van der Waals surface area contributed by atoms with E-state index in [1.165, 1.54) is 31.4 Å². The number of rotatable bonds is 12. The van der Waals surface area contributed by atoms with Gasteiger partial charge in [-0.25, -0.2) is 9.59 Å². The predicted molar refractivity (Wildman–Crippen MR) is 298 cm³/mol. The number of hydrogen-bond acceptors (Lipinski definition) is 16.